The van der Waals surface area contributed by atoms with Gasteiger partial charge in [-0.25, -0.2) is 17.7 Å². The van der Waals surface area contributed by atoms with Crippen LogP contribution in [0.25, 0.3) is 5.65 Å². The number of pyridine rings is 1. The van der Waals surface area contributed by atoms with Gasteiger partial charge >= 0.3 is 0 Å². The fraction of sp³-hybridized carbons (Fsp3) is 0.682. The van der Waals surface area contributed by atoms with E-state index in [1.807, 2.05) is 12.1 Å². The number of aliphatic hydroxyl groups is 1. The monoisotopic (exact) mass is 449 g/mol. The Hall–Kier alpha value is -2.36. The van der Waals surface area contributed by atoms with Crippen LogP contribution in [0.1, 0.15) is 56.6 Å². The molecule has 1 saturated heterocycles. The van der Waals surface area contributed by atoms with Crippen molar-refractivity contribution in [3.8, 4) is 0 Å². The van der Waals surface area contributed by atoms with Gasteiger partial charge in [-0.1, -0.05) is 6.07 Å². The van der Waals surface area contributed by atoms with Crippen LogP contribution in [0.2, 0.25) is 0 Å². The van der Waals surface area contributed by atoms with Gasteiger partial charge in [-0.2, -0.15) is 4.98 Å². The minimum absolute atomic E-state index is 0.0972. The van der Waals surface area contributed by atoms with E-state index in [9.17, 15) is 23.1 Å². The lowest BCUT2D eigenvalue weighted by atomic mass is 9.65. The molecule has 4 fully saturated rings. The van der Waals surface area contributed by atoms with Crippen LogP contribution in [-0.4, -0.2) is 61.4 Å². The second kappa shape index (κ2) is 6.59. The minimum atomic E-state index is -2.83. The first-order valence-corrected chi connectivity index (χ1v) is 11.3. The number of amides is 1. The molecule has 2 aromatic rings. The number of nitrogens with zero attached hydrogens (tertiary/aromatic N) is 4. The van der Waals surface area contributed by atoms with Crippen molar-refractivity contribution in [2.24, 2.45) is 11.3 Å². The molecule has 6 rings (SSSR count). The van der Waals surface area contributed by atoms with Crippen molar-refractivity contribution in [3.63, 3.8) is 0 Å². The Morgan fingerprint density at radius 3 is 2.47 bits per heavy atom. The average Bonchev–Trinajstić information content (AvgIpc) is 3.58. The Labute approximate surface area is 183 Å². The third kappa shape index (κ3) is 3.25. The Morgan fingerprint density at radius 2 is 1.84 bits per heavy atom. The van der Waals surface area contributed by atoms with Gasteiger partial charge in [0.05, 0.1) is 5.92 Å². The van der Waals surface area contributed by atoms with Gasteiger partial charge in [-0.05, 0) is 50.7 Å². The molecule has 10 heteroatoms. The van der Waals surface area contributed by atoms with E-state index in [-0.39, 0.29) is 29.6 Å². The molecule has 0 aromatic carbocycles. The second-order valence-corrected chi connectivity index (χ2v) is 10.2. The van der Waals surface area contributed by atoms with E-state index < -0.39 is 23.7 Å². The average molecular weight is 449 g/mol. The summed E-state index contributed by atoms with van der Waals surface area (Å²) in [7, 11) is 0. The Morgan fingerprint density at radius 1 is 1.16 bits per heavy atom. The van der Waals surface area contributed by atoms with Crippen LogP contribution in [0.3, 0.4) is 0 Å². The predicted octanol–water partition coefficient (Wildman–Crippen LogP) is 3.10. The molecule has 7 nitrogen and oxygen atoms in total. The van der Waals surface area contributed by atoms with E-state index in [1.165, 1.54) is 0 Å². The second-order valence-electron chi connectivity index (χ2n) is 10.2. The first-order chi connectivity index (χ1) is 15.2. The lowest BCUT2D eigenvalue weighted by Gasteiger charge is -2.53. The number of rotatable bonds is 5. The molecule has 1 spiro atoms. The van der Waals surface area contributed by atoms with Gasteiger partial charge in [-0.15, -0.1) is 5.10 Å². The summed E-state index contributed by atoms with van der Waals surface area (Å²) < 4.78 is 42.2. The van der Waals surface area contributed by atoms with Gasteiger partial charge in [0.1, 0.15) is 6.23 Å². The van der Waals surface area contributed by atoms with Crippen molar-refractivity contribution in [1.82, 2.24) is 19.5 Å². The molecule has 3 heterocycles. The Kier molecular flexibility index (Phi) is 4.17. The summed E-state index contributed by atoms with van der Waals surface area (Å²) in [5.41, 5.74) is 0.103. The van der Waals surface area contributed by atoms with Crippen LogP contribution in [0.5, 0.6) is 0 Å². The number of fused-ring (bicyclic) bond motifs is 1. The summed E-state index contributed by atoms with van der Waals surface area (Å²) in [6.07, 6.45) is 2.79. The number of hydrogen-bond donors (Lipinski definition) is 2. The van der Waals surface area contributed by atoms with E-state index in [1.54, 1.807) is 15.5 Å². The number of halogens is 3. The number of aromatic nitrogens is 3. The summed E-state index contributed by atoms with van der Waals surface area (Å²) in [5.74, 6) is -3.88. The zero-order valence-corrected chi connectivity index (χ0v) is 17.6. The van der Waals surface area contributed by atoms with Crippen molar-refractivity contribution in [1.29, 1.82) is 0 Å². The molecule has 1 unspecified atom stereocenters. The van der Waals surface area contributed by atoms with Gasteiger partial charge in [-0.3, -0.25) is 4.79 Å². The SMILES string of the molecule is O=C(N1CC2(CCC(c3cccc4nc(NC(O)[C@H]5CC5(F)F)nn34)CC2)C1)C1(F)CC1. The van der Waals surface area contributed by atoms with Crippen molar-refractivity contribution in [2.75, 3.05) is 18.4 Å². The molecule has 3 saturated carbocycles. The molecule has 0 bridgehead atoms. The van der Waals surface area contributed by atoms with Crippen molar-refractivity contribution < 1.29 is 23.1 Å². The van der Waals surface area contributed by atoms with Gasteiger partial charge in [0.2, 0.25) is 5.95 Å². The lowest BCUT2D eigenvalue weighted by Crippen LogP contribution is -2.61. The van der Waals surface area contributed by atoms with E-state index >= 15 is 0 Å². The summed E-state index contributed by atoms with van der Waals surface area (Å²) in [6, 6.07) is 5.69. The number of alkyl halides is 3. The molecule has 1 amide bonds. The maximum atomic E-state index is 14.1. The van der Waals surface area contributed by atoms with Gasteiger partial charge in [0.25, 0.3) is 11.8 Å². The number of anilines is 1. The van der Waals surface area contributed by atoms with Crippen LogP contribution in [-0.2, 0) is 4.79 Å². The van der Waals surface area contributed by atoms with Crippen molar-refractivity contribution >= 4 is 17.5 Å². The molecule has 0 radical (unpaired) electrons. The van der Waals surface area contributed by atoms with E-state index in [2.05, 4.69) is 15.4 Å². The zero-order chi connectivity index (χ0) is 22.3. The summed E-state index contributed by atoms with van der Waals surface area (Å²) in [6.45, 7) is 1.30. The topological polar surface area (TPSA) is 82.8 Å². The molecule has 32 heavy (non-hydrogen) atoms. The Balaban J connectivity index is 1.12. The van der Waals surface area contributed by atoms with Crippen LogP contribution in [0.4, 0.5) is 19.1 Å². The smallest absolute Gasteiger partial charge is 0.260 e. The van der Waals surface area contributed by atoms with Gasteiger partial charge in [0.15, 0.2) is 11.3 Å². The normalized spacial score (nSPS) is 28.4. The third-order valence-electron chi connectivity index (χ3n) is 7.80. The maximum absolute atomic E-state index is 14.1. The number of likely N-dealkylation sites (tertiary alicyclic amines) is 1. The molecule has 2 aromatic heterocycles. The van der Waals surface area contributed by atoms with Crippen LogP contribution in [0.15, 0.2) is 18.2 Å². The van der Waals surface area contributed by atoms with E-state index in [0.717, 1.165) is 31.4 Å². The highest BCUT2D eigenvalue weighted by Gasteiger charge is 2.61. The predicted molar refractivity (Wildman–Crippen MR) is 109 cm³/mol. The molecule has 1 aliphatic heterocycles. The largest absolute Gasteiger partial charge is 0.373 e. The van der Waals surface area contributed by atoms with Crippen LogP contribution < -0.4 is 5.32 Å². The summed E-state index contributed by atoms with van der Waals surface area (Å²) >= 11 is 0. The summed E-state index contributed by atoms with van der Waals surface area (Å²) in [5, 5.41) is 17.0. The fourth-order valence-electron chi connectivity index (χ4n) is 5.46. The zero-order valence-electron chi connectivity index (χ0n) is 17.6. The molecule has 3 aliphatic carbocycles. The highest BCUT2D eigenvalue weighted by atomic mass is 19.3. The molecule has 2 atom stereocenters. The third-order valence-corrected chi connectivity index (χ3v) is 7.80. The minimum Gasteiger partial charge on any atom is -0.373 e. The molecular formula is C22H26F3N5O2. The maximum Gasteiger partial charge on any atom is 0.260 e. The first kappa shape index (κ1) is 20.3. The van der Waals surface area contributed by atoms with Crippen molar-refractivity contribution in [2.45, 2.75) is 68.7 Å². The Bertz CT molecular complexity index is 1070. The molecule has 172 valence electrons. The highest BCUT2D eigenvalue weighted by Crippen LogP contribution is 2.52. The van der Waals surface area contributed by atoms with Crippen LogP contribution >= 0.6 is 0 Å². The quantitative estimate of drug-likeness (QED) is 0.686. The van der Waals surface area contributed by atoms with Crippen LogP contribution in [0, 0.1) is 11.3 Å². The van der Waals surface area contributed by atoms with E-state index in [4.69, 9.17) is 0 Å². The standard InChI is InChI=1S/C22H26F3N5O2/c23-21(8-9-21)18(32)29-11-20(12-29)6-4-13(5-7-20)15-2-1-3-16-26-19(28-30(15)16)27-17(31)14-10-22(14,24)25/h1-3,13-14,17,31H,4-12H2,(H,27,28)/t14-,17?/m1/s1. The van der Waals surface area contributed by atoms with Crippen molar-refractivity contribution in [3.05, 3.63) is 23.9 Å². The number of carbonyl (C=O) groups excluding carboxylic acids is 1. The number of nitrogens with one attached hydrogen (secondary N) is 1. The fourth-order valence-corrected chi connectivity index (χ4v) is 5.46. The van der Waals surface area contributed by atoms with Gasteiger partial charge < -0.3 is 15.3 Å². The molecule has 4 aliphatic rings. The lowest BCUT2D eigenvalue weighted by molar-refractivity contribution is -0.153. The van der Waals surface area contributed by atoms with E-state index in [0.29, 0.717) is 31.6 Å². The summed E-state index contributed by atoms with van der Waals surface area (Å²) in [4.78, 5) is 18.2. The highest BCUT2D eigenvalue weighted by molar-refractivity contribution is 5.88. The number of hydrogen-bond acceptors (Lipinski definition) is 5. The number of aliphatic hydroxyl groups excluding tert-OH is 1. The molecular weight excluding hydrogens is 423 g/mol. The number of carbonyl (C=O) groups is 1. The molecule has 2 N–H and O–H groups in total. The van der Waals surface area contributed by atoms with Gasteiger partial charge in [0, 0.05) is 36.5 Å². The first-order valence-electron chi connectivity index (χ1n) is 11.3.